The van der Waals surface area contributed by atoms with Gasteiger partial charge in [0.1, 0.15) is 5.75 Å². The maximum absolute atomic E-state index is 11.1. The van der Waals surface area contributed by atoms with Crippen molar-refractivity contribution in [2.75, 3.05) is 6.61 Å². The fourth-order valence-corrected chi connectivity index (χ4v) is 2.07. The Kier molecular flexibility index (Phi) is 7.64. The summed E-state index contributed by atoms with van der Waals surface area (Å²) in [5.41, 5.74) is 1.67. The number of ether oxygens (including phenoxy) is 1. The summed E-state index contributed by atoms with van der Waals surface area (Å²) in [4.78, 5) is 11.1. The van der Waals surface area contributed by atoms with Crippen LogP contribution in [0.5, 0.6) is 5.75 Å². The number of para-hydroxylation sites is 1. The molecule has 0 N–H and O–H groups in total. The molecule has 19 heavy (non-hydrogen) atoms. The van der Waals surface area contributed by atoms with Gasteiger partial charge in [-0.3, -0.25) is 4.79 Å². The van der Waals surface area contributed by atoms with Crippen molar-refractivity contribution in [3.8, 4) is 5.75 Å². The largest absolute Gasteiger partial charge is 0.493 e. The number of hydrogen-bond donors (Lipinski definition) is 0. The van der Waals surface area contributed by atoms with E-state index in [0.29, 0.717) is 12.2 Å². The van der Waals surface area contributed by atoms with E-state index in [1.807, 2.05) is 18.2 Å². The van der Waals surface area contributed by atoms with E-state index in [2.05, 4.69) is 13.5 Å². The second-order valence-electron chi connectivity index (χ2n) is 4.71. The molecule has 0 amide bonds. The lowest BCUT2D eigenvalue weighted by atomic mass is 10.1. The zero-order valence-corrected chi connectivity index (χ0v) is 11.9. The molecule has 0 unspecified atom stereocenters. The summed E-state index contributed by atoms with van der Waals surface area (Å²) in [6, 6.07) is 5.67. The van der Waals surface area contributed by atoms with Crippen LogP contribution < -0.4 is 4.74 Å². The van der Waals surface area contributed by atoms with E-state index >= 15 is 0 Å². The summed E-state index contributed by atoms with van der Waals surface area (Å²) in [6.07, 6.45) is 9.44. The minimum Gasteiger partial charge on any atom is -0.493 e. The highest BCUT2D eigenvalue weighted by Crippen LogP contribution is 2.24. The minimum atomic E-state index is 0.632. The summed E-state index contributed by atoms with van der Waals surface area (Å²) in [7, 11) is 0. The molecule has 0 atom stereocenters. The van der Waals surface area contributed by atoms with Crippen molar-refractivity contribution in [1.82, 2.24) is 0 Å². The quantitative estimate of drug-likeness (QED) is 0.350. The van der Waals surface area contributed by atoms with Crippen molar-refractivity contribution in [3.05, 3.63) is 42.0 Å². The summed E-state index contributed by atoms with van der Waals surface area (Å²) < 4.78 is 5.81. The van der Waals surface area contributed by atoms with Gasteiger partial charge in [-0.15, -0.1) is 6.58 Å². The molecule has 1 aromatic rings. The Morgan fingerprint density at radius 2 is 2.00 bits per heavy atom. The van der Waals surface area contributed by atoms with Gasteiger partial charge in [0.15, 0.2) is 6.29 Å². The summed E-state index contributed by atoms with van der Waals surface area (Å²) in [6.45, 7) is 6.62. The van der Waals surface area contributed by atoms with Crippen molar-refractivity contribution in [1.29, 1.82) is 0 Å². The highest BCUT2D eigenvalue weighted by Gasteiger charge is 2.08. The number of rotatable bonds is 10. The van der Waals surface area contributed by atoms with Crippen molar-refractivity contribution < 1.29 is 9.53 Å². The van der Waals surface area contributed by atoms with E-state index in [1.165, 1.54) is 25.7 Å². The third kappa shape index (κ3) is 5.29. The van der Waals surface area contributed by atoms with Crippen LogP contribution in [0.1, 0.15) is 54.9 Å². The topological polar surface area (TPSA) is 26.3 Å². The summed E-state index contributed by atoms with van der Waals surface area (Å²) in [5, 5.41) is 0. The number of hydrogen-bond acceptors (Lipinski definition) is 2. The van der Waals surface area contributed by atoms with Crippen LogP contribution in [0.3, 0.4) is 0 Å². The third-order valence-electron chi connectivity index (χ3n) is 3.11. The van der Waals surface area contributed by atoms with Crippen LogP contribution in [0, 0.1) is 0 Å². The van der Waals surface area contributed by atoms with Crippen LogP contribution in [-0.2, 0) is 6.42 Å². The van der Waals surface area contributed by atoms with Gasteiger partial charge in [0, 0.05) is 0 Å². The predicted octanol–water partition coefficient (Wildman–Crippen LogP) is 4.58. The molecule has 0 aromatic heterocycles. The standard InChI is InChI=1S/C17H24O2/c1-3-5-6-7-8-13-19-17-15(10-4-2)11-9-12-16(17)14-18/h4,9,11-12,14H,2-3,5-8,10,13H2,1H3. The number of allylic oxidation sites excluding steroid dienone is 1. The number of carbonyl (C=O) groups excluding carboxylic acids is 1. The number of aldehydes is 1. The predicted molar refractivity (Wildman–Crippen MR) is 80.0 cm³/mol. The van der Waals surface area contributed by atoms with E-state index in [0.717, 1.165) is 30.4 Å². The fourth-order valence-electron chi connectivity index (χ4n) is 2.07. The first-order chi connectivity index (χ1) is 9.33. The van der Waals surface area contributed by atoms with Crippen molar-refractivity contribution >= 4 is 6.29 Å². The molecule has 1 aromatic carbocycles. The van der Waals surface area contributed by atoms with Gasteiger partial charge >= 0.3 is 0 Å². The Labute approximate surface area is 116 Å². The molecule has 0 aliphatic heterocycles. The second-order valence-corrected chi connectivity index (χ2v) is 4.71. The number of carbonyl (C=O) groups is 1. The Bertz CT molecular complexity index is 396. The molecule has 0 bridgehead atoms. The lowest BCUT2D eigenvalue weighted by Crippen LogP contribution is -2.03. The molecule has 1 rings (SSSR count). The van der Waals surface area contributed by atoms with Gasteiger partial charge in [-0.05, 0) is 24.5 Å². The first kappa shape index (κ1) is 15.5. The van der Waals surface area contributed by atoms with E-state index in [4.69, 9.17) is 4.74 Å². The highest BCUT2D eigenvalue weighted by molar-refractivity contribution is 5.80. The number of unbranched alkanes of at least 4 members (excludes halogenated alkanes) is 4. The zero-order chi connectivity index (χ0) is 13.9. The first-order valence-corrected chi connectivity index (χ1v) is 7.14. The van der Waals surface area contributed by atoms with E-state index in [1.54, 1.807) is 6.07 Å². The van der Waals surface area contributed by atoms with Crippen molar-refractivity contribution in [2.24, 2.45) is 0 Å². The monoisotopic (exact) mass is 260 g/mol. The molecule has 2 nitrogen and oxygen atoms in total. The normalized spacial score (nSPS) is 10.2. The Balaban J connectivity index is 2.54. The van der Waals surface area contributed by atoms with E-state index in [-0.39, 0.29) is 0 Å². The molecule has 2 heteroatoms. The Hall–Kier alpha value is -1.57. The number of benzene rings is 1. The average Bonchev–Trinajstić information content (AvgIpc) is 2.44. The molecular formula is C17H24O2. The molecule has 104 valence electrons. The molecule has 0 saturated carbocycles. The Morgan fingerprint density at radius 1 is 1.21 bits per heavy atom. The average molecular weight is 260 g/mol. The zero-order valence-electron chi connectivity index (χ0n) is 11.9. The maximum Gasteiger partial charge on any atom is 0.153 e. The summed E-state index contributed by atoms with van der Waals surface area (Å²) >= 11 is 0. The molecule has 0 spiro atoms. The van der Waals surface area contributed by atoms with Crippen LogP contribution in [0.15, 0.2) is 30.9 Å². The molecular weight excluding hydrogens is 236 g/mol. The van der Waals surface area contributed by atoms with E-state index in [9.17, 15) is 4.79 Å². The minimum absolute atomic E-state index is 0.632. The van der Waals surface area contributed by atoms with Gasteiger partial charge in [-0.1, -0.05) is 50.8 Å². The van der Waals surface area contributed by atoms with E-state index < -0.39 is 0 Å². The van der Waals surface area contributed by atoms with Crippen molar-refractivity contribution in [3.63, 3.8) is 0 Å². The van der Waals surface area contributed by atoms with Gasteiger partial charge in [0.2, 0.25) is 0 Å². The van der Waals surface area contributed by atoms with Crippen LogP contribution in [-0.4, -0.2) is 12.9 Å². The fraction of sp³-hybridized carbons (Fsp3) is 0.471. The second kappa shape index (κ2) is 9.37. The molecule has 0 aliphatic carbocycles. The van der Waals surface area contributed by atoms with Crippen LogP contribution >= 0.6 is 0 Å². The van der Waals surface area contributed by atoms with Crippen LogP contribution in [0.2, 0.25) is 0 Å². The smallest absolute Gasteiger partial charge is 0.153 e. The van der Waals surface area contributed by atoms with Gasteiger partial charge < -0.3 is 4.74 Å². The van der Waals surface area contributed by atoms with Gasteiger partial charge in [-0.25, -0.2) is 0 Å². The maximum atomic E-state index is 11.1. The molecule has 0 radical (unpaired) electrons. The molecule has 0 aliphatic rings. The highest BCUT2D eigenvalue weighted by atomic mass is 16.5. The summed E-state index contributed by atoms with van der Waals surface area (Å²) in [5.74, 6) is 0.730. The molecule has 0 fully saturated rings. The first-order valence-electron chi connectivity index (χ1n) is 7.14. The molecule has 0 saturated heterocycles. The lowest BCUT2D eigenvalue weighted by molar-refractivity contribution is 0.111. The Morgan fingerprint density at radius 3 is 2.68 bits per heavy atom. The van der Waals surface area contributed by atoms with Gasteiger partial charge in [0.25, 0.3) is 0 Å². The molecule has 0 heterocycles. The van der Waals surface area contributed by atoms with Crippen molar-refractivity contribution in [2.45, 2.75) is 45.4 Å². The third-order valence-corrected chi connectivity index (χ3v) is 3.11. The van der Waals surface area contributed by atoms with Crippen LogP contribution in [0.25, 0.3) is 0 Å². The van der Waals surface area contributed by atoms with Crippen LogP contribution in [0.4, 0.5) is 0 Å². The van der Waals surface area contributed by atoms with Gasteiger partial charge in [0.05, 0.1) is 12.2 Å². The SMILES string of the molecule is C=CCc1cccc(C=O)c1OCCCCCCC. The van der Waals surface area contributed by atoms with Gasteiger partial charge in [-0.2, -0.15) is 0 Å². The lowest BCUT2D eigenvalue weighted by Gasteiger charge is -2.12.